The molecule has 1 aliphatic rings. The van der Waals surface area contributed by atoms with Crippen LogP contribution in [0, 0.1) is 5.82 Å². The Morgan fingerprint density at radius 1 is 0.825 bits per heavy atom. The number of esters is 4. The SMILES string of the molecule is CC(=O)OCC1OC(c2ccc(F)c(Cc3cc4ccccc4s3)c2)C(OC(C)=O)C(OC(C)=O)C1OC(C)=O. The topological polar surface area (TPSA) is 114 Å². The van der Waals surface area contributed by atoms with E-state index >= 15 is 4.39 Å². The Morgan fingerprint density at radius 3 is 2.12 bits per heavy atom. The zero-order valence-electron chi connectivity index (χ0n) is 22.4. The van der Waals surface area contributed by atoms with Crippen molar-refractivity contribution in [2.75, 3.05) is 6.61 Å². The third-order valence-electron chi connectivity index (χ3n) is 6.23. The second-order valence-corrected chi connectivity index (χ2v) is 10.6. The first-order chi connectivity index (χ1) is 19.0. The molecule has 2 heterocycles. The van der Waals surface area contributed by atoms with E-state index in [1.807, 2.05) is 30.3 Å². The molecule has 4 rings (SSSR count). The standard InChI is InChI=1S/C29H29FO9S/c1-15(31)35-14-24-27(36-16(2)32)29(38-18(4)34)28(37-17(3)33)26(39-24)20-9-10-23(30)21(11-20)13-22-12-19-7-5-6-8-25(19)40-22/h5-12,24,26-29H,13-14H2,1-4H3. The number of rotatable bonds is 8. The van der Waals surface area contributed by atoms with Crippen LogP contribution in [0.2, 0.25) is 0 Å². The molecule has 0 aliphatic carbocycles. The lowest BCUT2D eigenvalue weighted by molar-refractivity contribution is -0.254. The maximum Gasteiger partial charge on any atom is 0.303 e. The summed E-state index contributed by atoms with van der Waals surface area (Å²) in [7, 11) is 0. The van der Waals surface area contributed by atoms with Gasteiger partial charge < -0.3 is 23.7 Å². The zero-order valence-corrected chi connectivity index (χ0v) is 23.2. The predicted molar refractivity (Wildman–Crippen MR) is 142 cm³/mol. The Balaban J connectivity index is 1.74. The molecule has 3 aromatic rings. The van der Waals surface area contributed by atoms with Crippen molar-refractivity contribution in [3.63, 3.8) is 0 Å². The molecule has 0 spiro atoms. The average molecular weight is 573 g/mol. The van der Waals surface area contributed by atoms with Gasteiger partial charge in [-0.15, -0.1) is 11.3 Å². The lowest BCUT2D eigenvalue weighted by Crippen LogP contribution is -2.59. The van der Waals surface area contributed by atoms with E-state index in [1.165, 1.54) is 26.0 Å². The highest BCUT2D eigenvalue weighted by Gasteiger charge is 2.52. The summed E-state index contributed by atoms with van der Waals surface area (Å²) in [6.07, 6.45) is -5.71. The van der Waals surface area contributed by atoms with E-state index in [2.05, 4.69) is 0 Å². The van der Waals surface area contributed by atoms with Gasteiger partial charge in [0.05, 0.1) is 0 Å². The molecule has 0 radical (unpaired) electrons. The number of hydrogen-bond acceptors (Lipinski definition) is 10. The summed E-state index contributed by atoms with van der Waals surface area (Å²) in [6.45, 7) is 4.34. The summed E-state index contributed by atoms with van der Waals surface area (Å²) in [6, 6.07) is 14.2. The van der Waals surface area contributed by atoms with Crippen molar-refractivity contribution in [3.05, 3.63) is 70.4 Å². The molecule has 0 N–H and O–H groups in total. The van der Waals surface area contributed by atoms with E-state index in [4.69, 9.17) is 23.7 Å². The van der Waals surface area contributed by atoms with Gasteiger partial charge >= 0.3 is 23.9 Å². The molecule has 1 saturated heterocycles. The van der Waals surface area contributed by atoms with Crippen LogP contribution in [0.5, 0.6) is 0 Å². The molecule has 9 nitrogen and oxygen atoms in total. The van der Waals surface area contributed by atoms with E-state index in [-0.39, 0.29) is 6.61 Å². The molecule has 0 amide bonds. The van der Waals surface area contributed by atoms with Gasteiger partial charge in [-0.2, -0.15) is 0 Å². The summed E-state index contributed by atoms with van der Waals surface area (Å²) >= 11 is 1.55. The van der Waals surface area contributed by atoms with Gasteiger partial charge in [-0.05, 0) is 40.8 Å². The Hall–Kier alpha value is -3.83. The summed E-state index contributed by atoms with van der Waals surface area (Å²) in [5.41, 5.74) is 0.798. The molecule has 1 fully saturated rings. The van der Waals surface area contributed by atoms with E-state index in [1.54, 1.807) is 17.4 Å². The fourth-order valence-electron chi connectivity index (χ4n) is 4.72. The van der Waals surface area contributed by atoms with E-state index in [9.17, 15) is 19.2 Å². The second kappa shape index (κ2) is 12.6. The number of benzene rings is 2. The lowest BCUT2D eigenvalue weighted by atomic mass is 9.89. The molecular weight excluding hydrogens is 543 g/mol. The van der Waals surface area contributed by atoms with Crippen molar-refractivity contribution in [2.45, 2.75) is 64.6 Å². The highest BCUT2D eigenvalue weighted by atomic mass is 32.1. The van der Waals surface area contributed by atoms with Crippen molar-refractivity contribution in [2.24, 2.45) is 0 Å². The molecule has 11 heteroatoms. The third kappa shape index (κ3) is 7.02. The van der Waals surface area contributed by atoms with Crippen LogP contribution in [0.15, 0.2) is 48.5 Å². The van der Waals surface area contributed by atoms with E-state index in [0.717, 1.165) is 28.8 Å². The van der Waals surface area contributed by atoms with Crippen LogP contribution in [0.4, 0.5) is 4.39 Å². The molecule has 0 saturated carbocycles. The molecular formula is C29H29FO9S. The first-order valence-corrected chi connectivity index (χ1v) is 13.4. The number of hydrogen-bond donors (Lipinski definition) is 0. The largest absolute Gasteiger partial charge is 0.463 e. The molecule has 212 valence electrons. The fraction of sp³-hybridized carbons (Fsp3) is 0.379. The minimum absolute atomic E-state index is 0.296. The minimum atomic E-state index is -1.30. The number of carbonyl (C=O) groups is 4. The molecule has 5 unspecified atom stereocenters. The van der Waals surface area contributed by atoms with E-state index < -0.39 is 60.2 Å². The normalized spacial score (nSPS) is 22.4. The Labute approximate surface area is 234 Å². The van der Waals surface area contributed by atoms with Gasteiger partial charge in [-0.25, -0.2) is 4.39 Å². The summed E-state index contributed by atoms with van der Waals surface area (Å²) in [4.78, 5) is 48.7. The number of ether oxygens (including phenoxy) is 5. The maximum absolute atomic E-state index is 15.0. The number of carbonyl (C=O) groups excluding carboxylic acids is 4. The summed E-state index contributed by atoms with van der Waals surface area (Å²) in [5, 5.41) is 1.05. The quantitative estimate of drug-likeness (QED) is 0.286. The molecule has 1 aromatic heterocycles. The van der Waals surface area contributed by atoms with Crippen LogP contribution >= 0.6 is 11.3 Å². The van der Waals surface area contributed by atoms with Gasteiger partial charge in [0.1, 0.15) is 24.6 Å². The summed E-state index contributed by atoms with van der Waals surface area (Å²) in [5.74, 6) is -3.20. The van der Waals surface area contributed by atoms with Crippen molar-refractivity contribution >= 4 is 45.3 Å². The monoisotopic (exact) mass is 572 g/mol. The zero-order chi connectivity index (χ0) is 29.0. The smallest absolute Gasteiger partial charge is 0.303 e. The first kappa shape index (κ1) is 29.2. The van der Waals surface area contributed by atoms with Gasteiger partial charge in [0.15, 0.2) is 18.3 Å². The minimum Gasteiger partial charge on any atom is -0.463 e. The van der Waals surface area contributed by atoms with Crippen molar-refractivity contribution in [1.29, 1.82) is 0 Å². The second-order valence-electron chi connectivity index (χ2n) is 9.40. The summed E-state index contributed by atoms with van der Waals surface area (Å²) < 4.78 is 43.9. The maximum atomic E-state index is 15.0. The highest BCUT2D eigenvalue weighted by Crippen LogP contribution is 2.38. The fourth-order valence-corrected chi connectivity index (χ4v) is 5.80. The third-order valence-corrected chi connectivity index (χ3v) is 7.35. The first-order valence-electron chi connectivity index (χ1n) is 12.6. The highest BCUT2D eigenvalue weighted by molar-refractivity contribution is 7.19. The van der Waals surface area contributed by atoms with Gasteiger partial charge in [0, 0.05) is 43.7 Å². The van der Waals surface area contributed by atoms with Crippen LogP contribution in [-0.2, 0) is 49.3 Å². The van der Waals surface area contributed by atoms with Crippen LogP contribution < -0.4 is 0 Å². The molecule has 0 bridgehead atoms. The van der Waals surface area contributed by atoms with Gasteiger partial charge in [-0.1, -0.05) is 24.3 Å². The van der Waals surface area contributed by atoms with E-state index in [0.29, 0.717) is 17.5 Å². The lowest BCUT2D eigenvalue weighted by Gasteiger charge is -2.44. The predicted octanol–water partition coefficient (Wildman–Crippen LogP) is 4.43. The van der Waals surface area contributed by atoms with Gasteiger partial charge in [0.2, 0.25) is 0 Å². The van der Waals surface area contributed by atoms with Crippen molar-refractivity contribution in [1.82, 2.24) is 0 Å². The van der Waals surface area contributed by atoms with Crippen LogP contribution in [-0.4, -0.2) is 54.9 Å². The van der Waals surface area contributed by atoms with Crippen molar-refractivity contribution in [3.8, 4) is 0 Å². The number of halogens is 1. The Morgan fingerprint density at radius 2 is 1.48 bits per heavy atom. The molecule has 2 aromatic carbocycles. The van der Waals surface area contributed by atoms with Crippen LogP contribution in [0.1, 0.15) is 49.8 Å². The van der Waals surface area contributed by atoms with Gasteiger partial charge in [-0.3, -0.25) is 19.2 Å². The Bertz CT molecular complexity index is 1380. The number of thiophene rings is 1. The molecule has 40 heavy (non-hydrogen) atoms. The van der Waals surface area contributed by atoms with Crippen LogP contribution in [0.3, 0.4) is 0 Å². The van der Waals surface area contributed by atoms with Crippen molar-refractivity contribution < 1.29 is 47.3 Å². The average Bonchev–Trinajstić information content (AvgIpc) is 3.28. The molecule has 5 atom stereocenters. The number of fused-ring (bicyclic) bond motifs is 1. The van der Waals surface area contributed by atoms with Gasteiger partial charge in [0.25, 0.3) is 0 Å². The van der Waals surface area contributed by atoms with Crippen LogP contribution in [0.25, 0.3) is 10.1 Å². The Kier molecular flexibility index (Phi) is 9.16. The molecule has 1 aliphatic heterocycles.